The quantitative estimate of drug-likeness (QED) is 0.784. The number of carbonyl (C=O) groups excluding carboxylic acids is 1. The lowest BCUT2D eigenvalue weighted by atomic mass is 10.1. The van der Waals surface area contributed by atoms with Gasteiger partial charge in [0.25, 0.3) is 0 Å². The summed E-state index contributed by atoms with van der Waals surface area (Å²) in [6.45, 7) is 7.23. The summed E-state index contributed by atoms with van der Waals surface area (Å²) in [5.41, 5.74) is 0.825. The molecule has 0 radical (unpaired) electrons. The Morgan fingerprint density at radius 3 is 2.81 bits per heavy atom. The molecule has 1 N–H and O–H groups in total. The van der Waals surface area contributed by atoms with Crippen LogP contribution in [-0.4, -0.2) is 36.7 Å². The normalized spacial score (nSPS) is 17.0. The molecule has 4 heteroatoms. The summed E-state index contributed by atoms with van der Waals surface area (Å²) < 4.78 is 5.33. The summed E-state index contributed by atoms with van der Waals surface area (Å²) in [6.07, 6.45) is 3.72. The van der Waals surface area contributed by atoms with Crippen LogP contribution in [0.25, 0.3) is 0 Å². The maximum Gasteiger partial charge on any atom is 0.414 e. The van der Waals surface area contributed by atoms with E-state index in [1.54, 1.807) is 4.90 Å². The average Bonchev–Trinajstić information content (AvgIpc) is 2.16. The molecule has 0 spiro atoms. The van der Waals surface area contributed by atoms with Gasteiger partial charge in [-0.25, -0.2) is 4.79 Å². The fourth-order valence-electron chi connectivity index (χ4n) is 1.65. The van der Waals surface area contributed by atoms with Crippen molar-refractivity contribution < 1.29 is 9.53 Å². The van der Waals surface area contributed by atoms with Gasteiger partial charge in [-0.3, -0.25) is 4.90 Å². The Morgan fingerprint density at radius 1 is 1.56 bits per heavy atom. The highest BCUT2D eigenvalue weighted by molar-refractivity contribution is 5.69. The maximum absolute atomic E-state index is 11.8. The molecule has 0 fully saturated rings. The highest BCUT2D eigenvalue weighted by atomic mass is 16.6. The number of amides is 1. The lowest BCUT2D eigenvalue weighted by Crippen LogP contribution is -2.36. The van der Waals surface area contributed by atoms with Gasteiger partial charge in [-0.15, -0.1) is 0 Å². The molecular formula is C12H22N2O2. The number of ether oxygens (including phenoxy) is 1. The molecule has 0 bridgehead atoms. The molecule has 0 unspecified atom stereocenters. The zero-order chi connectivity index (χ0) is 12.2. The van der Waals surface area contributed by atoms with E-state index in [2.05, 4.69) is 5.32 Å². The molecule has 1 heterocycles. The smallest absolute Gasteiger partial charge is 0.414 e. The Labute approximate surface area is 97.6 Å². The lowest BCUT2D eigenvalue weighted by Gasteiger charge is -2.28. The van der Waals surface area contributed by atoms with E-state index in [1.165, 1.54) is 5.57 Å². The van der Waals surface area contributed by atoms with Crippen LogP contribution in [0.5, 0.6) is 0 Å². The molecule has 1 amide bonds. The standard InChI is InChI=1S/C12H22N2O2/c1-12(2,3)16-11(15)14-7-5-6-10(9-14)8-13-4/h9,13H,5-8H2,1-4H3. The fraction of sp³-hybridized carbons (Fsp3) is 0.750. The molecule has 0 aromatic carbocycles. The van der Waals surface area contributed by atoms with Crippen LogP contribution in [0.3, 0.4) is 0 Å². The van der Waals surface area contributed by atoms with Crippen molar-refractivity contribution in [3.8, 4) is 0 Å². The average molecular weight is 226 g/mol. The third-order valence-corrected chi connectivity index (χ3v) is 2.27. The highest BCUT2D eigenvalue weighted by Crippen LogP contribution is 2.17. The molecular weight excluding hydrogens is 204 g/mol. The van der Waals surface area contributed by atoms with Gasteiger partial charge in [0.1, 0.15) is 5.60 Å². The monoisotopic (exact) mass is 226 g/mol. The van der Waals surface area contributed by atoms with Crippen LogP contribution >= 0.6 is 0 Å². The number of hydrogen-bond donors (Lipinski definition) is 1. The Morgan fingerprint density at radius 2 is 2.25 bits per heavy atom. The second-order valence-electron chi connectivity index (χ2n) is 5.09. The van der Waals surface area contributed by atoms with Crippen molar-refractivity contribution in [3.05, 3.63) is 11.8 Å². The number of nitrogens with one attached hydrogen (secondary N) is 1. The van der Waals surface area contributed by atoms with Crippen molar-refractivity contribution in [1.29, 1.82) is 0 Å². The molecule has 16 heavy (non-hydrogen) atoms. The molecule has 0 aromatic heterocycles. The van der Waals surface area contributed by atoms with Crippen molar-refractivity contribution in [2.45, 2.75) is 39.2 Å². The molecule has 0 saturated carbocycles. The van der Waals surface area contributed by atoms with E-state index in [9.17, 15) is 4.79 Å². The number of hydrogen-bond acceptors (Lipinski definition) is 3. The summed E-state index contributed by atoms with van der Waals surface area (Å²) in [5, 5.41) is 3.10. The molecule has 0 atom stereocenters. The maximum atomic E-state index is 11.8. The van der Waals surface area contributed by atoms with Crippen LogP contribution in [0.1, 0.15) is 33.6 Å². The third-order valence-electron chi connectivity index (χ3n) is 2.27. The van der Waals surface area contributed by atoms with E-state index < -0.39 is 5.60 Å². The van der Waals surface area contributed by atoms with Crippen molar-refractivity contribution in [2.24, 2.45) is 0 Å². The van der Waals surface area contributed by atoms with Gasteiger partial charge in [-0.05, 0) is 46.2 Å². The Hall–Kier alpha value is -1.03. The van der Waals surface area contributed by atoms with Crippen LogP contribution in [0, 0.1) is 0 Å². The molecule has 0 aliphatic carbocycles. The van der Waals surface area contributed by atoms with Gasteiger partial charge in [0.15, 0.2) is 0 Å². The molecule has 1 aliphatic heterocycles. The van der Waals surface area contributed by atoms with Crippen LogP contribution in [0.4, 0.5) is 4.79 Å². The lowest BCUT2D eigenvalue weighted by molar-refractivity contribution is 0.0324. The van der Waals surface area contributed by atoms with Gasteiger partial charge in [-0.2, -0.15) is 0 Å². The predicted molar refractivity (Wildman–Crippen MR) is 64.2 cm³/mol. The topological polar surface area (TPSA) is 41.6 Å². The summed E-state index contributed by atoms with van der Waals surface area (Å²) in [7, 11) is 1.91. The first kappa shape index (κ1) is 13.0. The van der Waals surface area contributed by atoms with Crippen LogP contribution in [-0.2, 0) is 4.74 Å². The summed E-state index contributed by atoms with van der Waals surface area (Å²) in [6, 6.07) is 0. The van der Waals surface area contributed by atoms with Crippen LogP contribution < -0.4 is 5.32 Å². The first-order chi connectivity index (χ1) is 7.42. The van der Waals surface area contributed by atoms with E-state index in [1.807, 2.05) is 34.0 Å². The fourth-order valence-corrected chi connectivity index (χ4v) is 1.65. The number of carbonyl (C=O) groups is 1. The van der Waals surface area contributed by atoms with Gasteiger partial charge >= 0.3 is 6.09 Å². The van der Waals surface area contributed by atoms with Gasteiger partial charge in [0.05, 0.1) is 0 Å². The van der Waals surface area contributed by atoms with E-state index >= 15 is 0 Å². The molecule has 0 saturated heterocycles. The van der Waals surface area contributed by atoms with Crippen molar-refractivity contribution in [1.82, 2.24) is 10.2 Å². The van der Waals surface area contributed by atoms with Crippen molar-refractivity contribution in [2.75, 3.05) is 20.1 Å². The third kappa shape index (κ3) is 4.23. The minimum atomic E-state index is -0.425. The molecule has 92 valence electrons. The number of rotatable bonds is 2. The molecule has 4 nitrogen and oxygen atoms in total. The molecule has 1 aliphatic rings. The summed E-state index contributed by atoms with van der Waals surface area (Å²) in [5.74, 6) is 0. The number of likely N-dealkylation sites (N-methyl/N-ethyl adjacent to an activating group) is 1. The van der Waals surface area contributed by atoms with Gasteiger partial charge in [0, 0.05) is 19.3 Å². The van der Waals surface area contributed by atoms with Gasteiger partial charge < -0.3 is 10.1 Å². The first-order valence-corrected chi connectivity index (χ1v) is 5.76. The Kier molecular flexibility index (Phi) is 4.35. The zero-order valence-electron chi connectivity index (χ0n) is 10.7. The Balaban J connectivity index is 2.59. The van der Waals surface area contributed by atoms with Crippen LogP contribution in [0.15, 0.2) is 11.8 Å². The molecule has 1 rings (SSSR count). The van der Waals surface area contributed by atoms with Crippen LogP contribution in [0.2, 0.25) is 0 Å². The van der Waals surface area contributed by atoms with Crippen molar-refractivity contribution in [3.63, 3.8) is 0 Å². The summed E-state index contributed by atoms with van der Waals surface area (Å²) >= 11 is 0. The van der Waals surface area contributed by atoms with E-state index in [-0.39, 0.29) is 6.09 Å². The van der Waals surface area contributed by atoms with E-state index in [0.717, 1.165) is 25.9 Å². The summed E-state index contributed by atoms with van der Waals surface area (Å²) in [4.78, 5) is 13.5. The second-order valence-corrected chi connectivity index (χ2v) is 5.09. The zero-order valence-corrected chi connectivity index (χ0v) is 10.7. The minimum Gasteiger partial charge on any atom is -0.443 e. The van der Waals surface area contributed by atoms with Crippen molar-refractivity contribution >= 4 is 6.09 Å². The predicted octanol–water partition coefficient (Wildman–Crippen LogP) is 2.12. The van der Waals surface area contributed by atoms with E-state index in [4.69, 9.17) is 4.74 Å². The first-order valence-electron chi connectivity index (χ1n) is 5.76. The second kappa shape index (κ2) is 5.34. The van der Waals surface area contributed by atoms with E-state index in [0.29, 0.717) is 0 Å². The Bertz CT molecular complexity index is 279. The molecule has 0 aromatic rings. The SMILES string of the molecule is CNCC1=CN(C(=O)OC(C)(C)C)CCC1. The number of nitrogens with zero attached hydrogens (tertiary/aromatic N) is 1. The largest absolute Gasteiger partial charge is 0.443 e. The van der Waals surface area contributed by atoms with Gasteiger partial charge in [0.2, 0.25) is 0 Å². The van der Waals surface area contributed by atoms with Gasteiger partial charge in [-0.1, -0.05) is 0 Å². The minimum absolute atomic E-state index is 0.249. The highest BCUT2D eigenvalue weighted by Gasteiger charge is 2.22.